The third kappa shape index (κ3) is 2.48. The van der Waals surface area contributed by atoms with Gasteiger partial charge in [0, 0.05) is 36.0 Å². The molecule has 3 nitrogen and oxygen atoms in total. The minimum absolute atomic E-state index is 0.00283. The van der Waals surface area contributed by atoms with Crippen LogP contribution in [-0.4, -0.2) is 37.3 Å². The molecule has 0 amide bonds. The molecule has 3 aliphatic rings. The molecular formula is C19H19NO2. The van der Waals surface area contributed by atoms with Crippen LogP contribution in [0.1, 0.15) is 5.56 Å². The number of morpholine rings is 1. The number of rotatable bonds is 2. The Morgan fingerprint density at radius 1 is 1.00 bits per heavy atom. The molecule has 0 radical (unpaired) electrons. The van der Waals surface area contributed by atoms with Crippen LogP contribution < -0.4 is 0 Å². The average Bonchev–Trinajstić information content (AvgIpc) is 2.62. The summed E-state index contributed by atoms with van der Waals surface area (Å²) in [7, 11) is 0. The summed E-state index contributed by atoms with van der Waals surface area (Å²) in [6.07, 6.45) is 10.6. The Kier molecular flexibility index (Phi) is 3.57. The molecule has 1 unspecified atom stereocenters. The summed E-state index contributed by atoms with van der Waals surface area (Å²) in [6, 6.07) is 10.3. The first kappa shape index (κ1) is 13.4. The summed E-state index contributed by atoms with van der Waals surface area (Å²) in [5, 5.41) is 0. The molecule has 0 bridgehead atoms. The lowest BCUT2D eigenvalue weighted by atomic mass is 9.97. The Morgan fingerprint density at radius 3 is 2.64 bits per heavy atom. The maximum absolute atomic E-state index is 6.20. The first-order valence-corrected chi connectivity index (χ1v) is 7.77. The highest BCUT2D eigenvalue weighted by molar-refractivity contribution is 5.66. The summed E-state index contributed by atoms with van der Waals surface area (Å²) in [4.78, 5) is 2.40. The highest BCUT2D eigenvalue weighted by Crippen LogP contribution is 2.34. The molecule has 2 heterocycles. The molecule has 4 rings (SSSR count). The van der Waals surface area contributed by atoms with Crippen molar-refractivity contribution >= 4 is 5.76 Å². The number of nitrogens with zero attached hydrogens (tertiary/aromatic N) is 1. The lowest BCUT2D eigenvalue weighted by Gasteiger charge is -2.36. The van der Waals surface area contributed by atoms with Crippen LogP contribution in [0.5, 0.6) is 0 Å². The van der Waals surface area contributed by atoms with Gasteiger partial charge < -0.3 is 14.4 Å². The highest BCUT2D eigenvalue weighted by Gasteiger charge is 2.27. The van der Waals surface area contributed by atoms with Crippen molar-refractivity contribution in [2.45, 2.75) is 6.10 Å². The predicted octanol–water partition coefficient (Wildman–Crippen LogP) is 3.14. The highest BCUT2D eigenvalue weighted by atomic mass is 16.5. The number of fused-ring (bicyclic) bond motifs is 1. The van der Waals surface area contributed by atoms with E-state index in [9.17, 15) is 0 Å². The maximum atomic E-state index is 6.20. The van der Waals surface area contributed by atoms with Crippen molar-refractivity contribution in [1.29, 1.82) is 0 Å². The number of hydrogen-bond donors (Lipinski definition) is 0. The van der Waals surface area contributed by atoms with E-state index in [2.05, 4.69) is 47.4 Å². The predicted molar refractivity (Wildman–Crippen MR) is 87.0 cm³/mol. The number of benzene rings is 1. The Bertz CT molecular complexity index is 664. The largest absolute Gasteiger partial charge is 0.481 e. The smallest absolute Gasteiger partial charge is 0.144 e. The van der Waals surface area contributed by atoms with Crippen molar-refractivity contribution in [2.24, 2.45) is 0 Å². The van der Waals surface area contributed by atoms with Crippen LogP contribution in [0.4, 0.5) is 0 Å². The molecule has 0 N–H and O–H groups in total. The molecule has 1 aromatic carbocycles. The van der Waals surface area contributed by atoms with Gasteiger partial charge in [-0.2, -0.15) is 0 Å². The molecule has 1 fully saturated rings. The molecule has 3 heteroatoms. The van der Waals surface area contributed by atoms with Crippen LogP contribution in [0.2, 0.25) is 0 Å². The van der Waals surface area contributed by atoms with E-state index < -0.39 is 0 Å². The van der Waals surface area contributed by atoms with Gasteiger partial charge in [-0.05, 0) is 6.08 Å². The van der Waals surface area contributed by atoms with Crippen molar-refractivity contribution in [2.75, 3.05) is 26.3 Å². The van der Waals surface area contributed by atoms with Crippen LogP contribution in [0, 0.1) is 0 Å². The second-order valence-electron chi connectivity index (χ2n) is 5.60. The third-order valence-corrected chi connectivity index (χ3v) is 4.21. The molecular weight excluding hydrogens is 274 g/mol. The van der Waals surface area contributed by atoms with Crippen molar-refractivity contribution in [3.63, 3.8) is 0 Å². The van der Waals surface area contributed by atoms with E-state index in [0.717, 1.165) is 37.6 Å². The molecule has 1 saturated heterocycles. The lowest BCUT2D eigenvalue weighted by molar-refractivity contribution is 0.0536. The van der Waals surface area contributed by atoms with Crippen LogP contribution in [0.15, 0.2) is 72.0 Å². The summed E-state index contributed by atoms with van der Waals surface area (Å²) in [5.41, 5.74) is 3.62. The van der Waals surface area contributed by atoms with E-state index in [1.165, 1.54) is 11.3 Å². The minimum atomic E-state index is 0.00283. The van der Waals surface area contributed by atoms with Gasteiger partial charge in [-0.3, -0.25) is 0 Å². The Morgan fingerprint density at radius 2 is 1.82 bits per heavy atom. The van der Waals surface area contributed by atoms with E-state index in [4.69, 9.17) is 9.47 Å². The maximum Gasteiger partial charge on any atom is 0.144 e. The molecule has 2 aliphatic heterocycles. The van der Waals surface area contributed by atoms with Crippen LogP contribution in [0.3, 0.4) is 0 Å². The van der Waals surface area contributed by atoms with E-state index in [0.29, 0.717) is 0 Å². The average molecular weight is 293 g/mol. The standard InChI is InChI=1S/C19H19NO2/c1-2-6-15(7-3-1)19-14-17(20-10-12-21-13-11-20)16-8-4-5-9-18(16)22-19/h1-9,14,18H,10-13H2. The minimum Gasteiger partial charge on any atom is -0.481 e. The molecule has 1 aromatic rings. The second kappa shape index (κ2) is 5.85. The van der Waals surface area contributed by atoms with Gasteiger partial charge in [-0.1, -0.05) is 48.6 Å². The Hall–Kier alpha value is -2.26. The van der Waals surface area contributed by atoms with Crippen LogP contribution in [0.25, 0.3) is 5.76 Å². The van der Waals surface area contributed by atoms with Gasteiger partial charge in [0.15, 0.2) is 0 Å². The normalized spacial score (nSPS) is 23.9. The quantitative estimate of drug-likeness (QED) is 0.836. The van der Waals surface area contributed by atoms with Crippen molar-refractivity contribution in [3.05, 3.63) is 77.5 Å². The summed E-state index contributed by atoms with van der Waals surface area (Å²) < 4.78 is 11.7. The molecule has 0 spiro atoms. The van der Waals surface area contributed by atoms with Crippen molar-refractivity contribution in [3.8, 4) is 0 Å². The van der Waals surface area contributed by atoms with Gasteiger partial charge in [-0.15, -0.1) is 0 Å². The van der Waals surface area contributed by atoms with Gasteiger partial charge in [0.1, 0.15) is 11.9 Å². The molecule has 0 aromatic heterocycles. The molecule has 1 atom stereocenters. The van der Waals surface area contributed by atoms with Crippen molar-refractivity contribution in [1.82, 2.24) is 4.90 Å². The van der Waals surface area contributed by atoms with E-state index in [-0.39, 0.29) is 6.10 Å². The fraction of sp³-hybridized carbons (Fsp3) is 0.263. The van der Waals surface area contributed by atoms with Gasteiger partial charge in [0.05, 0.1) is 13.2 Å². The van der Waals surface area contributed by atoms with Gasteiger partial charge >= 0.3 is 0 Å². The zero-order chi connectivity index (χ0) is 14.8. The van der Waals surface area contributed by atoms with Crippen LogP contribution in [-0.2, 0) is 9.47 Å². The number of ether oxygens (including phenoxy) is 2. The molecule has 1 aliphatic carbocycles. The number of hydrogen-bond acceptors (Lipinski definition) is 3. The fourth-order valence-corrected chi connectivity index (χ4v) is 3.07. The third-order valence-electron chi connectivity index (χ3n) is 4.21. The van der Waals surface area contributed by atoms with Crippen molar-refractivity contribution < 1.29 is 9.47 Å². The Labute approximate surface area is 130 Å². The van der Waals surface area contributed by atoms with Gasteiger partial charge in [-0.25, -0.2) is 0 Å². The van der Waals surface area contributed by atoms with E-state index >= 15 is 0 Å². The summed E-state index contributed by atoms with van der Waals surface area (Å²) in [5.74, 6) is 0.941. The first-order valence-electron chi connectivity index (χ1n) is 7.77. The van der Waals surface area contributed by atoms with Crippen LogP contribution >= 0.6 is 0 Å². The first-order chi connectivity index (χ1) is 10.9. The van der Waals surface area contributed by atoms with Gasteiger partial charge in [0.25, 0.3) is 0 Å². The van der Waals surface area contributed by atoms with E-state index in [1.807, 2.05) is 18.2 Å². The second-order valence-corrected chi connectivity index (χ2v) is 5.60. The molecule has 22 heavy (non-hydrogen) atoms. The monoisotopic (exact) mass is 293 g/mol. The zero-order valence-electron chi connectivity index (χ0n) is 12.4. The molecule has 0 saturated carbocycles. The lowest BCUT2D eigenvalue weighted by Crippen LogP contribution is -2.37. The summed E-state index contributed by atoms with van der Waals surface area (Å²) >= 11 is 0. The topological polar surface area (TPSA) is 21.7 Å². The van der Waals surface area contributed by atoms with Gasteiger partial charge in [0.2, 0.25) is 0 Å². The number of allylic oxidation sites excluding steroid dienone is 3. The summed E-state index contributed by atoms with van der Waals surface area (Å²) in [6.45, 7) is 3.44. The van der Waals surface area contributed by atoms with E-state index in [1.54, 1.807) is 0 Å². The Balaban J connectivity index is 1.76. The fourth-order valence-electron chi connectivity index (χ4n) is 3.07. The SMILES string of the molecule is C1=CC2=C(N3CCOCC3)C=C(c3ccccc3)OC2C=C1. The zero-order valence-corrected chi connectivity index (χ0v) is 12.4. The molecule has 112 valence electrons.